The largest absolute Gasteiger partial charge is 0.353 e. The summed E-state index contributed by atoms with van der Waals surface area (Å²) in [5.74, 6) is -0.178. The van der Waals surface area contributed by atoms with Gasteiger partial charge in [-0.2, -0.15) is 0 Å². The van der Waals surface area contributed by atoms with Crippen molar-refractivity contribution in [3.63, 3.8) is 0 Å². The van der Waals surface area contributed by atoms with Crippen molar-refractivity contribution in [1.29, 1.82) is 0 Å². The third kappa shape index (κ3) is 6.32. The molecule has 0 bridgehead atoms. The Kier molecular flexibility index (Phi) is 7.70. The van der Waals surface area contributed by atoms with Crippen LogP contribution < -0.4 is 21.3 Å². The lowest BCUT2D eigenvalue weighted by Crippen LogP contribution is -2.43. The molecule has 1 aliphatic rings. The normalized spacial score (nSPS) is 16.5. The van der Waals surface area contributed by atoms with Crippen LogP contribution in [0.15, 0.2) is 24.3 Å². The topological polar surface area (TPSA) is 82.3 Å². The van der Waals surface area contributed by atoms with Gasteiger partial charge in [-0.25, -0.2) is 4.79 Å². The molecule has 0 spiro atoms. The second-order valence-electron chi connectivity index (χ2n) is 5.27. The van der Waals surface area contributed by atoms with E-state index in [0.29, 0.717) is 18.3 Å². The maximum absolute atomic E-state index is 11.7. The molecule has 1 fully saturated rings. The summed E-state index contributed by atoms with van der Waals surface area (Å²) >= 11 is 0. The lowest BCUT2D eigenvalue weighted by atomic mass is 10.2. The lowest BCUT2D eigenvalue weighted by Gasteiger charge is -2.12. The van der Waals surface area contributed by atoms with Gasteiger partial charge in [0.25, 0.3) is 0 Å². The Morgan fingerprint density at radius 1 is 1.32 bits per heavy atom. The molecule has 4 N–H and O–H groups in total. The highest BCUT2D eigenvalue weighted by atomic mass is 35.5. The van der Waals surface area contributed by atoms with Gasteiger partial charge in [-0.15, -0.1) is 12.4 Å². The summed E-state index contributed by atoms with van der Waals surface area (Å²) in [7, 11) is 0. The molecule has 1 aromatic carbocycles. The Balaban J connectivity index is 0.00000242. The molecule has 122 valence electrons. The highest BCUT2D eigenvalue weighted by Crippen LogP contribution is 2.08. The first kappa shape index (κ1) is 18.3. The van der Waals surface area contributed by atoms with Crippen LogP contribution in [0, 0.1) is 6.92 Å². The van der Waals surface area contributed by atoms with E-state index in [1.54, 1.807) is 6.07 Å². The van der Waals surface area contributed by atoms with Crippen molar-refractivity contribution in [2.24, 2.45) is 0 Å². The molecule has 0 aliphatic carbocycles. The minimum Gasteiger partial charge on any atom is -0.353 e. The van der Waals surface area contributed by atoms with Crippen molar-refractivity contribution in [3.8, 4) is 0 Å². The van der Waals surface area contributed by atoms with Gasteiger partial charge < -0.3 is 21.3 Å². The molecule has 1 aliphatic heterocycles. The fourth-order valence-corrected chi connectivity index (χ4v) is 2.29. The Morgan fingerprint density at radius 3 is 2.82 bits per heavy atom. The number of amides is 3. The van der Waals surface area contributed by atoms with Crippen molar-refractivity contribution in [3.05, 3.63) is 29.8 Å². The highest BCUT2D eigenvalue weighted by molar-refractivity contribution is 5.92. The second kappa shape index (κ2) is 9.27. The van der Waals surface area contributed by atoms with Crippen LogP contribution in [0.3, 0.4) is 0 Å². The first-order valence-electron chi connectivity index (χ1n) is 7.25. The van der Waals surface area contributed by atoms with Gasteiger partial charge in [-0.1, -0.05) is 12.1 Å². The van der Waals surface area contributed by atoms with E-state index in [2.05, 4.69) is 21.3 Å². The first-order valence-corrected chi connectivity index (χ1v) is 7.25. The predicted octanol–water partition coefficient (Wildman–Crippen LogP) is 1.41. The van der Waals surface area contributed by atoms with E-state index < -0.39 is 0 Å². The number of aryl methyl sites for hydroxylation is 1. The van der Waals surface area contributed by atoms with Crippen LogP contribution in [0.2, 0.25) is 0 Å². The molecular weight excluding hydrogens is 304 g/mol. The zero-order valence-corrected chi connectivity index (χ0v) is 13.5. The zero-order valence-electron chi connectivity index (χ0n) is 12.6. The van der Waals surface area contributed by atoms with Crippen LogP contribution in [0.25, 0.3) is 0 Å². The van der Waals surface area contributed by atoms with E-state index in [-0.39, 0.29) is 30.9 Å². The van der Waals surface area contributed by atoms with E-state index in [4.69, 9.17) is 0 Å². The number of carbonyl (C=O) groups excluding carboxylic acids is 2. The highest BCUT2D eigenvalue weighted by Gasteiger charge is 2.14. The molecule has 0 aromatic heterocycles. The van der Waals surface area contributed by atoms with Crippen molar-refractivity contribution in [2.75, 3.05) is 25.0 Å². The van der Waals surface area contributed by atoms with Gasteiger partial charge in [0.1, 0.15) is 0 Å². The minimum absolute atomic E-state index is 0. The Labute approximate surface area is 136 Å². The summed E-state index contributed by atoms with van der Waals surface area (Å²) in [6.07, 6.45) is 2.24. The second-order valence-corrected chi connectivity index (χ2v) is 5.27. The number of rotatable bonds is 5. The van der Waals surface area contributed by atoms with E-state index in [0.717, 1.165) is 24.9 Å². The number of hydrogen-bond donors (Lipinski definition) is 4. The molecule has 2 rings (SSSR count). The van der Waals surface area contributed by atoms with Crippen molar-refractivity contribution in [1.82, 2.24) is 16.0 Å². The Bertz CT molecular complexity index is 504. The van der Waals surface area contributed by atoms with Gasteiger partial charge >= 0.3 is 6.03 Å². The van der Waals surface area contributed by atoms with Gasteiger partial charge in [0.05, 0.1) is 6.54 Å². The maximum Gasteiger partial charge on any atom is 0.319 e. The summed E-state index contributed by atoms with van der Waals surface area (Å²) in [6, 6.07) is 7.47. The van der Waals surface area contributed by atoms with Gasteiger partial charge in [0, 0.05) is 18.3 Å². The summed E-state index contributed by atoms with van der Waals surface area (Å²) in [5, 5.41) is 11.3. The van der Waals surface area contributed by atoms with E-state index in [1.807, 2.05) is 25.1 Å². The molecule has 1 heterocycles. The number of benzene rings is 1. The molecule has 7 heteroatoms. The van der Waals surface area contributed by atoms with E-state index >= 15 is 0 Å². The molecule has 22 heavy (non-hydrogen) atoms. The van der Waals surface area contributed by atoms with Crippen LogP contribution in [-0.4, -0.2) is 37.6 Å². The quantitative estimate of drug-likeness (QED) is 0.660. The Hall–Kier alpha value is -1.79. The molecule has 1 saturated heterocycles. The standard InChI is InChI=1S/C15H22N4O2.ClH/c1-11-4-2-5-12(8-11)19-15(21)18-10-14(20)17-9-13-6-3-7-16-13;/h2,4-5,8,13,16H,3,6-7,9-10H2,1H3,(H,17,20)(H2,18,19,21);1H. The average molecular weight is 327 g/mol. The molecule has 1 unspecified atom stereocenters. The molecule has 1 aromatic rings. The number of nitrogens with one attached hydrogen (secondary N) is 4. The fraction of sp³-hybridized carbons (Fsp3) is 0.467. The monoisotopic (exact) mass is 326 g/mol. The molecule has 6 nitrogen and oxygen atoms in total. The summed E-state index contributed by atoms with van der Waals surface area (Å²) in [5.41, 5.74) is 1.78. The van der Waals surface area contributed by atoms with E-state index in [9.17, 15) is 9.59 Å². The third-order valence-electron chi connectivity index (χ3n) is 3.39. The number of hydrogen-bond acceptors (Lipinski definition) is 3. The summed E-state index contributed by atoms with van der Waals surface area (Å²) in [4.78, 5) is 23.3. The Morgan fingerprint density at radius 2 is 2.14 bits per heavy atom. The van der Waals surface area contributed by atoms with Crippen LogP contribution in [0.1, 0.15) is 18.4 Å². The molecule has 1 atom stereocenters. The van der Waals surface area contributed by atoms with Gasteiger partial charge in [-0.05, 0) is 44.0 Å². The number of halogens is 1. The summed E-state index contributed by atoms with van der Waals surface area (Å²) in [6.45, 7) is 3.55. The SMILES string of the molecule is Cc1cccc(NC(=O)NCC(=O)NCC2CCCN2)c1.Cl. The molecule has 0 radical (unpaired) electrons. The number of urea groups is 1. The van der Waals surface area contributed by atoms with Crippen molar-refractivity contribution in [2.45, 2.75) is 25.8 Å². The lowest BCUT2D eigenvalue weighted by molar-refractivity contribution is -0.120. The van der Waals surface area contributed by atoms with Crippen LogP contribution in [0.5, 0.6) is 0 Å². The predicted molar refractivity (Wildman–Crippen MR) is 89.5 cm³/mol. The minimum atomic E-state index is -0.380. The van der Waals surface area contributed by atoms with Crippen LogP contribution >= 0.6 is 12.4 Å². The van der Waals surface area contributed by atoms with Crippen LogP contribution in [-0.2, 0) is 4.79 Å². The third-order valence-corrected chi connectivity index (χ3v) is 3.39. The van der Waals surface area contributed by atoms with E-state index in [1.165, 1.54) is 0 Å². The van der Waals surface area contributed by atoms with Crippen molar-refractivity contribution >= 4 is 30.0 Å². The average Bonchev–Trinajstić information content (AvgIpc) is 2.96. The van der Waals surface area contributed by atoms with Crippen LogP contribution in [0.4, 0.5) is 10.5 Å². The summed E-state index contributed by atoms with van der Waals surface area (Å²) < 4.78 is 0. The number of anilines is 1. The maximum atomic E-state index is 11.7. The fourth-order valence-electron chi connectivity index (χ4n) is 2.29. The smallest absolute Gasteiger partial charge is 0.319 e. The molecule has 3 amide bonds. The van der Waals surface area contributed by atoms with Gasteiger partial charge in [0.15, 0.2) is 0 Å². The first-order chi connectivity index (χ1) is 10.1. The zero-order chi connectivity index (χ0) is 15.1. The molecule has 0 saturated carbocycles. The number of carbonyl (C=O) groups is 2. The van der Waals surface area contributed by atoms with Gasteiger partial charge in [0.2, 0.25) is 5.91 Å². The van der Waals surface area contributed by atoms with Gasteiger partial charge in [-0.3, -0.25) is 4.79 Å². The van der Waals surface area contributed by atoms with Crippen molar-refractivity contribution < 1.29 is 9.59 Å². The molecular formula is C15H23ClN4O2.